The lowest BCUT2D eigenvalue weighted by Gasteiger charge is -2.18. The highest BCUT2D eigenvalue weighted by atomic mass is 19.1. The van der Waals surface area contributed by atoms with Crippen molar-refractivity contribution < 1.29 is 18.7 Å². The van der Waals surface area contributed by atoms with Crippen molar-refractivity contribution in [1.29, 1.82) is 0 Å². The molecule has 0 unspecified atom stereocenters. The van der Waals surface area contributed by atoms with E-state index in [-0.39, 0.29) is 11.6 Å². The van der Waals surface area contributed by atoms with Gasteiger partial charge < -0.3 is 20.3 Å². The van der Waals surface area contributed by atoms with E-state index in [1.807, 2.05) is 24.3 Å². The molecule has 0 bridgehead atoms. The molecule has 1 aliphatic heterocycles. The Balaban J connectivity index is 1.61. The molecule has 7 heteroatoms. The number of anilines is 1. The molecule has 0 spiro atoms. The van der Waals surface area contributed by atoms with E-state index in [0.717, 1.165) is 30.2 Å². The molecule has 3 rings (SSSR count). The Morgan fingerprint density at radius 1 is 1.11 bits per heavy atom. The predicted octanol–water partition coefficient (Wildman–Crippen LogP) is 3.43. The summed E-state index contributed by atoms with van der Waals surface area (Å²) < 4.78 is 18.8. The zero-order chi connectivity index (χ0) is 19.9. The topological polar surface area (TPSA) is 70.7 Å². The molecule has 2 aromatic carbocycles. The molecular formula is C21H24FN3O3. The number of carbonyl (C=O) groups excluding carboxylic acids is 2. The van der Waals surface area contributed by atoms with Crippen LogP contribution in [-0.4, -0.2) is 43.6 Å². The van der Waals surface area contributed by atoms with Crippen LogP contribution in [-0.2, 0) is 6.42 Å². The molecule has 2 aromatic rings. The molecule has 28 heavy (non-hydrogen) atoms. The van der Waals surface area contributed by atoms with Crippen molar-refractivity contribution in [2.75, 3.05) is 32.1 Å². The third-order valence-corrected chi connectivity index (χ3v) is 4.72. The molecule has 1 aliphatic rings. The third kappa shape index (κ3) is 5.00. The van der Waals surface area contributed by atoms with Crippen molar-refractivity contribution in [3.8, 4) is 5.75 Å². The van der Waals surface area contributed by atoms with Crippen molar-refractivity contribution >= 4 is 17.6 Å². The van der Waals surface area contributed by atoms with E-state index in [9.17, 15) is 14.0 Å². The van der Waals surface area contributed by atoms with Gasteiger partial charge in [0.05, 0.1) is 18.4 Å². The molecule has 0 atom stereocenters. The molecule has 3 amide bonds. The summed E-state index contributed by atoms with van der Waals surface area (Å²) in [6, 6.07) is 11.1. The first-order valence-corrected chi connectivity index (χ1v) is 9.33. The van der Waals surface area contributed by atoms with Crippen molar-refractivity contribution in [3.05, 3.63) is 59.4 Å². The number of hydrogen-bond donors (Lipinski definition) is 2. The van der Waals surface area contributed by atoms with Gasteiger partial charge in [-0.2, -0.15) is 0 Å². The van der Waals surface area contributed by atoms with E-state index in [1.165, 1.54) is 12.1 Å². The fourth-order valence-electron chi connectivity index (χ4n) is 3.14. The summed E-state index contributed by atoms with van der Waals surface area (Å²) in [6.07, 6.45) is 2.56. The number of carbonyl (C=O) groups is 2. The number of hydrogen-bond acceptors (Lipinski definition) is 3. The minimum atomic E-state index is -0.528. The van der Waals surface area contributed by atoms with Crippen LogP contribution >= 0.6 is 0 Å². The van der Waals surface area contributed by atoms with Gasteiger partial charge in [0, 0.05) is 19.6 Å². The van der Waals surface area contributed by atoms with Crippen LogP contribution in [0.4, 0.5) is 14.9 Å². The van der Waals surface area contributed by atoms with Crippen molar-refractivity contribution in [3.63, 3.8) is 0 Å². The fraction of sp³-hybridized carbons (Fsp3) is 0.333. The molecular weight excluding hydrogens is 361 g/mol. The maximum atomic E-state index is 13.7. The zero-order valence-electron chi connectivity index (χ0n) is 15.8. The van der Waals surface area contributed by atoms with E-state index in [2.05, 4.69) is 10.6 Å². The number of rotatable bonds is 6. The van der Waals surface area contributed by atoms with Gasteiger partial charge in [-0.05, 0) is 55.2 Å². The van der Waals surface area contributed by atoms with Crippen LogP contribution in [0.1, 0.15) is 28.8 Å². The van der Waals surface area contributed by atoms with Crippen LogP contribution in [0.25, 0.3) is 0 Å². The highest BCUT2D eigenvalue weighted by Crippen LogP contribution is 2.19. The summed E-state index contributed by atoms with van der Waals surface area (Å²) in [4.78, 5) is 26.5. The minimum absolute atomic E-state index is 0.113. The second-order valence-corrected chi connectivity index (χ2v) is 6.67. The van der Waals surface area contributed by atoms with Crippen molar-refractivity contribution in [2.45, 2.75) is 19.3 Å². The lowest BCUT2D eigenvalue weighted by Crippen LogP contribution is -2.33. The molecule has 1 saturated heterocycles. The molecule has 0 saturated carbocycles. The van der Waals surface area contributed by atoms with Crippen LogP contribution in [0, 0.1) is 5.82 Å². The first-order chi connectivity index (χ1) is 13.6. The van der Waals surface area contributed by atoms with Gasteiger partial charge in [0.15, 0.2) is 0 Å². The first-order valence-electron chi connectivity index (χ1n) is 9.33. The Labute approximate surface area is 163 Å². The van der Waals surface area contributed by atoms with Gasteiger partial charge in [-0.1, -0.05) is 12.1 Å². The Hall–Kier alpha value is -3.09. The molecule has 1 fully saturated rings. The van der Waals surface area contributed by atoms with Crippen LogP contribution in [0.5, 0.6) is 5.75 Å². The van der Waals surface area contributed by atoms with Gasteiger partial charge in [-0.3, -0.25) is 4.79 Å². The Morgan fingerprint density at radius 2 is 1.82 bits per heavy atom. The van der Waals surface area contributed by atoms with Crippen molar-refractivity contribution in [2.24, 2.45) is 0 Å². The summed E-state index contributed by atoms with van der Waals surface area (Å²) in [7, 11) is 1.61. The number of likely N-dealkylation sites (tertiary alicyclic amines) is 1. The summed E-state index contributed by atoms with van der Waals surface area (Å²) in [5, 5.41) is 5.51. The number of methoxy groups -OCH3 is 1. The van der Waals surface area contributed by atoms with Crippen LogP contribution < -0.4 is 15.4 Å². The molecule has 0 aromatic heterocycles. The average molecular weight is 385 g/mol. The highest BCUT2D eigenvalue weighted by Gasteiger charge is 2.20. The molecule has 6 nitrogen and oxygen atoms in total. The molecule has 0 aliphatic carbocycles. The highest BCUT2D eigenvalue weighted by molar-refractivity contribution is 6.03. The lowest BCUT2D eigenvalue weighted by atomic mass is 10.1. The Kier molecular flexibility index (Phi) is 6.47. The first kappa shape index (κ1) is 19.7. The fourth-order valence-corrected chi connectivity index (χ4v) is 3.14. The normalized spacial score (nSPS) is 13.3. The predicted molar refractivity (Wildman–Crippen MR) is 105 cm³/mol. The third-order valence-electron chi connectivity index (χ3n) is 4.72. The van der Waals surface area contributed by atoms with E-state index < -0.39 is 11.7 Å². The largest absolute Gasteiger partial charge is 0.497 e. The van der Waals surface area contributed by atoms with E-state index >= 15 is 0 Å². The van der Waals surface area contributed by atoms with Gasteiger partial charge >= 0.3 is 6.03 Å². The zero-order valence-corrected chi connectivity index (χ0v) is 15.8. The number of ether oxygens (including phenoxy) is 1. The number of urea groups is 1. The molecule has 148 valence electrons. The number of benzene rings is 2. The lowest BCUT2D eigenvalue weighted by molar-refractivity contribution is 0.0954. The number of nitrogens with zero attached hydrogens (tertiary/aromatic N) is 1. The Morgan fingerprint density at radius 3 is 2.50 bits per heavy atom. The van der Waals surface area contributed by atoms with Crippen molar-refractivity contribution in [1.82, 2.24) is 10.2 Å². The summed E-state index contributed by atoms with van der Waals surface area (Å²) in [5.74, 6) is -0.185. The average Bonchev–Trinajstić information content (AvgIpc) is 3.25. The van der Waals surface area contributed by atoms with Gasteiger partial charge in [-0.25, -0.2) is 9.18 Å². The number of halogens is 1. The standard InChI is InChI=1S/C21H24FN3O3/c1-28-17-7-4-15(5-8-17)10-11-23-20(26)18-14-16(22)6-9-19(18)24-21(27)25-12-2-3-13-25/h4-9,14H,2-3,10-13H2,1H3,(H,23,26)(H,24,27). The molecule has 1 heterocycles. The van der Waals surface area contributed by atoms with E-state index in [0.29, 0.717) is 31.7 Å². The summed E-state index contributed by atoms with van der Waals surface area (Å²) >= 11 is 0. The Bertz CT molecular complexity index is 833. The van der Waals surface area contributed by atoms with Gasteiger partial charge in [0.2, 0.25) is 0 Å². The molecule has 2 N–H and O–H groups in total. The maximum Gasteiger partial charge on any atom is 0.321 e. The summed E-state index contributed by atoms with van der Waals surface area (Å²) in [5.41, 5.74) is 1.46. The van der Waals surface area contributed by atoms with Crippen LogP contribution in [0.15, 0.2) is 42.5 Å². The quantitative estimate of drug-likeness (QED) is 0.800. The van der Waals surface area contributed by atoms with Gasteiger partial charge in [-0.15, -0.1) is 0 Å². The van der Waals surface area contributed by atoms with Gasteiger partial charge in [0.25, 0.3) is 5.91 Å². The maximum absolute atomic E-state index is 13.7. The second-order valence-electron chi connectivity index (χ2n) is 6.67. The monoisotopic (exact) mass is 385 g/mol. The van der Waals surface area contributed by atoms with E-state index in [4.69, 9.17) is 4.74 Å². The number of nitrogens with one attached hydrogen (secondary N) is 2. The summed E-state index contributed by atoms with van der Waals surface area (Å²) in [6.45, 7) is 1.77. The van der Waals surface area contributed by atoms with Gasteiger partial charge in [0.1, 0.15) is 11.6 Å². The smallest absolute Gasteiger partial charge is 0.321 e. The number of amides is 3. The minimum Gasteiger partial charge on any atom is -0.497 e. The second kappa shape index (κ2) is 9.21. The SMILES string of the molecule is COc1ccc(CCNC(=O)c2cc(F)ccc2NC(=O)N2CCCC2)cc1. The van der Waals surface area contributed by atoms with E-state index in [1.54, 1.807) is 12.0 Å². The van der Waals surface area contributed by atoms with Crippen LogP contribution in [0.3, 0.4) is 0 Å². The van der Waals surface area contributed by atoms with Crippen LogP contribution in [0.2, 0.25) is 0 Å². The molecule has 0 radical (unpaired) electrons.